The fraction of sp³-hybridized carbons (Fsp3) is 0. The van der Waals surface area contributed by atoms with E-state index < -0.39 is 7.14 Å². The van der Waals surface area contributed by atoms with Crippen molar-refractivity contribution < 1.29 is 4.57 Å². The lowest BCUT2D eigenvalue weighted by molar-refractivity contribution is 0.593. The lowest BCUT2D eigenvalue weighted by Gasteiger charge is -2.18. The molecule has 0 saturated heterocycles. The fourth-order valence-corrected chi connectivity index (χ4v) is 12.6. The highest BCUT2D eigenvalue weighted by atomic mass is 31.2. The summed E-state index contributed by atoms with van der Waals surface area (Å²) in [7, 11) is -3.24. The Bertz CT molecular complexity index is 3510. The molecule has 0 amide bonds. The third-order valence-electron chi connectivity index (χ3n) is 12.0. The van der Waals surface area contributed by atoms with Crippen molar-refractivity contribution in [2.24, 2.45) is 0 Å². The Morgan fingerprint density at radius 1 is 0.424 bits per heavy atom. The molecule has 0 radical (unpaired) electrons. The van der Waals surface area contributed by atoms with Crippen molar-refractivity contribution in [3.63, 3.8) is 0 Å². The summed E-state index contributed by atoms with van der Waals surface area (Å²) < 4.78 is 18.2. The Kier molecular flexibility index (Phi) is 7.47. The molecular formula is C54H34N3OP. The summed E-state index contributed by atoms with van der Waals surface area (Å²) >= 11 is 0. The Hall–Kier alpha value is -7.39. The van der Waals surface area contributed by atoms with E-state index in [-0.39, 0.29) is 0 Å². The minimum atomic E-state index is -3.24. The zero-order valence-electron chi connectivity index (χ0n) is 31.8. The second-order valence-corrected chi connectivity index (χ2v) is 17.9. The van der Waals surface area contributed by atoms with Crippen LogP contribution in [-0.4, -0.2) is 14.5 Å². The third-order valence-corrected chi connectivity index (χ3v) is 15.2. The van der Waals surface area contributed by atoms with Crippen molar-refractivity contribution in [3.8, 4) is 50.6 Å². The van der Waals surface area contributed by atoms with Crippen LogP contribution in [0, 0.1) is 0 Å². The molecule has 4 nitrogen and oxygen atoms in total. The van der Waals surface area contributed by atoms with E-state index in [0.717, 1.165) is 82.3 Å². The van der Waals surface area contributed by atoms with Gasteiger partial charge in [0.1, 0.15) is 0 Å². The van der Waals surface area contributed by atoms with Gasteiger partial charge in [-0.15, -0.1) is 0 Å². The van der Waals surface area contributed by atoms with Crippen LogP contribution >= 0.6 is 7.14 Å². The van der Waals surface area contributed by atoms with Gasteiger partial charge in [-0.2, -0.15) is 0 Å². The molecule has 276 valence electrons. The summed E-state index contributed by atoms with van der Waals surface area (Å²) in [5.74, 6) is 0.663. The molecule has 0 bridgehead atoms. The van der Waals surface area contributed by atoms with Gasteiger partial charge in [-0.3, -0.25) is 0 Å². The molecule has 11 aromatic rings. The van der Waals surface area contributed by atoms with Crippen molar-refractivity contribution in [2.75, 3.05) is 0 Å². The highest BCUT2D eigenvalue weighted by molar-refractivity contribution is 7.86. The summed E-state index contributed by atoms with van der Waals surface area (Å²) in [4.78, 5) is 10.3. The number of rotatable bonds is 5. The van der Waals surface area contributed by atoms with E-state index in [0.29, 0.717) is 5.82 Å². The number of nitrogens with zero attached hydrogens (tertiary/aromatic N) is 3. The maximum atomic E-state index is 15.9. The van der Waals surface area contributed by atoms with Crippen LogP contribution in [0.3, 0.4) is 0 Å². The summed E-state index contributed by atoms with van der Waals surface area (Å²) in [6.45, 7) is 0. The molecule has 3 heterocycles. The average molecular weight is 772 g/mol. The van der Waals surface area contributed by atoms with Crippen molar-refractivity contribution in [2.45, 2.75) is 0 Å². The monoisotopic (exact) mass is 771 g/mol. The Balaban J connectivity index is 1.00. The van der Waals surface area contributed by atoms with E-state index in [9.17, 15) is 0 Å². The van der Waals surface area contributed by atoms with Crippen LogP contribution in [0.2, 0.25) is 0 Å². The maximum Gasteiger partial charge on any atom is 0.174 e. The van der Waals surface area contributed by atoms with Gasteiger partial charge in [0.2, 0.25) is 0 Å². The van der Waals surface area contributed by atoms with Gasteiger partial charge in [-0.05, 0) is 69.4 Å². The van der Waals surface area contributed by atoms with Gasteiger partial charge >= 0.3 is 0 Å². The average Bonchev–Trinajstić information content (AvgIpc) is 3.79. The van der Waals surface area contributed by atoms with Crippen LogP contribution in [0.15, 0.2) is 206 Å². The van der Waals surface area contributed by atoms with Gasteiger partial charge in [0.25, 0.3) is 0 Å². The van der Waals surface area contributed by atoms with Crippen molar-refractivity contribution in [1.29, 1.82) is 0 Å². The number of hydrogen-bond donors (Lipinski definition) is 0. The second-order valence-electron chi connectivity index (χ2n) is 15.2. The van der Waals surface area contributed by atoms with Gasteiger partial charge in [0.15, 0.2) is 13.0 Å². The zero-order chi connectivity index (χ0) is 39.1. The molecule has 0 saturated carbocycles. The summed E-state index contributed by atoms with van der Waals surface area (Å²) in [6.07, 6.45) is 0. The van der Waals surface area contributed by atoms with Gasteiger partial charge < -0.3 is 9.13 Å². The van der Waals surface area contributed by atoms with Crippen LogP contribution in [0.4, 0.5) is 0 Å². The van der Waals surface area contributed by atoms with E-state index in [1.165, 1.54) is 21.9 Å². The predicted molar refractivity (Wildman–Crippen MR) is 246 cm³/mol. The number of benzene rings is 9. The lowest BCUT2D eigenvalue weighted by Crippen LogP contribution is -2.22. The first kappa shape index (κ1) is 33.7. The number of fused-ring (bicyclic) bond motifs is 9. The quantitative estimate of drug-likeness (QED) is 0.164. The lowest BCUT2D eigenvalue weighted by atomic mass is 9.96. The Morgan fingerprint density at radius 3 is 1.92 bits per heavy atom. The number of para-hydroxylation sites is 2. The zero-order valence-corrected chi connectivity index (χ0v) is 32.7. The van der Waals surface area contributed by atoms with Crippen LogP contribution in [0.25, 0.3) is 94.1 Å². The van der Waals surface area contributed by atoms with Gasteiger partial charge in [0.05, 0.1) is 27.5 Å². The smallest absolute Gasteiger partial charge is 0.174 e. The van der Waals surface area contributed by atoms with E-state index >= 15 is 4.57 Å². The predicted octanol–water partition coefficient (Wildman–Crippen LogP) is 12.5. The van der Waals surface area contributed by atoms with E-state index in [4.69, 9.17) is 9.97 Å². The number of hydrogen-bond acceptors (Lipinski definition) is 3. The molecular weight excluding hydrogens is 738 g/mol. The minimum Gasteiger partial charge on any atom is -0.309 e. The van der Waals surface area contributed by atoms with Gasteiger partial charge in [-0.1, -0.05) is 170 Å². The van der Waals surface area contributed by atoms with Gasteiger partial charge in [-0.25, -0.2) is 9.97 Å². The van der Waals surface area contributed by atoms with E-state index in [1.807, 2.05) is 60.7 Å². The van der Waals surface area contributed by atoms with Crippen LogP contribution in [-0.2, 0) is 4.57 Å². The SMILES string of the molecule is O=P1(c2ccccc2)c2ccccc2-c2ccc3c4ccccc4n(-c4ccc(-c5nc(-c6ccc(-c7cccc8ccccc78)cc6)c6ccccc6n5)cc4)c3c21. The maximum absolute atomic E-state index is 15.9. The summed E-state index contributed by atoms with van der Waals surface area (Å²) in [5, 5.41) is 8.32. The molecule has 12 rings (SSSR count). The summed E-state index contributed by atoms with van der Waals surface area (Å²) in [6, 6.07) is 71.6. The molecule has 0 spiro atoms. The highest BCUT2D eigenvalue weighted by Gasteiger charge is 2.42. The first-order chi connectivity index (χ1) is 29.1. The molecule has 0 fully saturated rings. The third kappa shape index (κ3) is 5.07. The Morgan fingerprint density at radius 2 is 1.07 bits per heavy atom. The van der Waals surface area contributed by atoms with Crippen molar-refractivity contribution >= 4 is 66.5 Å². The highest BCUT2D eigenvalue weighted by Crippen LogP contribution is 2.55. The standard InChI is InChI=1S/C54H34N3OP/c58-59(40-15-2-1-3-16-40)50-24-11-8-19-44(50)46-34-33-45-43-18-7-10-23-49(43)57(52(45)53(46)59)39-31-29-38(30-32-39)54-55-48-22-9-6-20-47(48)51(56-54)37-27-25-36(26-28-37)42-21-12-14-35-13-4-5-17-41(35)42/h1-34H. The molecule has 59 heavy (non-hydrogen) atoms. The number of aromatic nitrogens is 3. The van der Waals surface area contributed by atoms with E-state index in [1.54, 1.807) is 0 Å². The molecule has 1 aliphatic rings. The summed E-state index contributed by atoms with van der Waals surface area (Å²) in [5.41, 5.74) is 11.2. The first-order valence-electron chi connectivity index (χ1n) is 19.9. The molecule has 2 aromatic heterocycles. The van der Waals surface area contributed by atoms with Gasteiger partial charge in [0, 0.05) is 43.6 Å². The second kappa shape index (κ2) is 13.1. The largest absolute Gasteiger partial charge is 0.309 e. The molecule has 5 heteroatoms. The van der Waals surface area contributed by atoms with Crippen molar-refractivity contribution in [3.05, 3.63) is 206 Å². The topological polar surface area (TPSA) is 47.8 Å². The molecule has 1 atom stereocenters. The molecule has 1 aliphatic heterocycles. The Labute approximate surface area is 341 Å². The van der Waals surface area contributed by atoms with Crippen LogP contribution in [0.5, 0.6) is 0 Å². The first-order valence-corrected chi connectivity index (χ1v) is 21.6. The normalized spacial score (nSPS) is 14.6. The minimum absolute atomic E-state index is 0.663. The molecule has 1 unspecified atom stereocenters. The van der Waals surface area contributed by atoms with Crippen LogP contribution < -0.4 is 15.9 Å². The fourth-order valence-electron chi connectivity index (χ4n) is 9.32. The van der Waals surface area contributed by atoms with E-state index in [2.05, 4.69) is 150 Å². The molecule has 0 aliphatic carbocycles. The molecule has 9 aromatic carbocycles. The van der Waals surface area contributed by atoms with Crippen LogP contribution in [0.1, 0.15) is 0 Å². The molecule has 0 N–H and O–H groups in total. The van der Waals surface area contributed by atoms with Crippen molar-refractivity contribution in [1.82, 2.24) is 14.5 Å².